The van der Waals surface area contributed by atoms with Gasteiger partial charge in [0, 0.05) is 17.8 Å². The molecule has 1 N–H and O–H groups in total. The first-order valence-corrected chi connectivity index (χ1v) is 6.93. The van der Waals surface area contributed by atoms with E-state index in [2.05, 4.69) is 15.5 Å². The summed E-state index contributed by atoms with van der Waals surface area (Å²) in [5.41, 5.74) is 3.38. The molecule has 1 amide bonds. The maximum absolute atomic E-state index is 12.0. The van der Waals surface area contributed by atoms with Gasteiger partial charge in [0.15, 0.2) is 5.76 Å². The van der Waals surface area contributed by atoms with Gasteiger partial charge in [0.2, 0.25) is 5.91 Å². The number of carbonyl (C=O) groups excluding carboxylic acids is 1. The zero-order valence-corrected chi connectivity index (χ0v) is 12.1. The van der Waals surface area contributed by atoms with Crippen LogP contribution < -0.4 is 5.32 Å². The van der Waals surface area contributed by atoms with Crippen molar-refractivity contribution in [2.24, 2.45) is 0 Å². The second-order valence-electron chi connectivity index (χ2n) is 5.02. The van der Waals surface area contributed by atoms with Gasteiger partial charge in [0.1, 0.15) is 0 Å². The minimum atomic E-state index is -0.156. The predicted molar refractivity (Wildman–Crippen MR) is 83.2 cm³/mol. The van der Waals surface area contributed by atoms with Gasteiger partial charge in [-0.2, -0.15) is 0 Å². The van der Waals surface area contributed by atoms with Crippen molar-refractivity contribution in [2.45, 2.75) is 13.3 Å². The van der Waals surface area contributed by atoms with E-state index in [-0.39, 0.29) is 12.3 Å². The van der Waals surface area contributed by atoms with Crippen LogP contribution in [0.5, 0.6) is 0 Å². The Balaban J connectivity index is 1.66. The summed E-state index contributed by atoms with van der Waals surface area (Å²) in [6, 6.07) is 13.3. The third-order valence-electron chi connectivity index (χ3n) is 3.18. The third kappa shape index (κ3) is 3.38. The molecule has 2 aromatic heterocycles. The van der Waals surface area contributed by atoms with Crippen molar-refractivity contribution < 1.29 is 9.32 Å². The smallest absolute Gasteiger partial charge is 0.230 e. The van der Waals surface area contributed by atoms with Crippen molar-refractivity contribution in [2.75, 3.05) is 5.32 Å². The lowest BCUT2D eigenvalue weighted by Crippen LogP contribution is -2.14. The molecule has 0 unspecified atom stereocenters. The Morgan fingerprint density at radius 2 is 2.05 bits per heavy atom. The van der Waals surface area contributed by atoms with Crippen LogP contribution in [0.4, 0.5) is 5.69 Å². The van der Waals surface area contributed by atoms with Crippen LogP contribution in [0.15, 0.2) is 59.4 Å². The van der Waals surface area contributed by atoms with E-state index in [1.165, 1.54) is 5.56 Å². The molecule has 0 fully saturated rings. The molecule has 110 valence electrons. The fraction of sp³-hybridized carbons (Fsp3) is 0.118. The summed E-state index contributed by atoms with van der Waals surface area (Å²) in [5.74, 6) is 0.501. The highest BCUT2D eigenvalue weighted by atomic mass is 16.5. The number of hydrogen-bond acceptors (Lipinski definition) is 4. The molecular weight excluding hydrogens is 278 g/mol. The quantitative estimate of drug-likeness (QED) is 0.802. The number of nitrogens with zero attached hydrogens (tertiary/aromatic N) is 2. The number of benzene rings is 1. The van der Waals surface area contributed by atoms with Gasteiger partial charge in [0.25, 0.3) is 0 Å². The van der Waals surface area contributed by atoms with E-state index in [0.717, 1.165) is 5.56 Å². The van der Waals surface area contributed by atoms with Crippen molar-refractivity contribution >= 4 is 11.6 Å². The van der Waals surface area contributed by atoms with Crippen molar-refractivity contribution in [3.8, 4) is 11.3 Å². The molecule has 22 heavy (non-hydrogen) atoms. The molecule has 3 aromatic rings. The van der Waals surface area contributed by atoms with E-state index in [9.17, 15) is 4.79 Å². The molecule has 0 radical (unpaired) electrons. The molecule has 0 saturated heterocycles. The van der Waals surface area contributed by atoms with Crippen LogP contribution in [0.3, 0.4) is 0 Å². The second kappa shape index (κ2) is 6.22. The fourth-order valence-corrected chi connectivity index (χ4v) is 2.06. The van der Waals surface area contributed by atoms with Gasteiger partial charge >= 0.3 is 0 Å². The number of anilines is 1. The molecule has 2 heterocycles. The van der Waals surface area contributed by atoms with Gasteiger partial charge in [-0.05, 0) is 19.1 Å². The largest absolute Gasteiger partial charge is 0.356 e. The van der Waals surface area contributed by atoms with Crippen LogP contribution >= 0.6 is 0 Å². The van der Waals surface area contributed by atoms with Crippen molar-refractivity contribution in [1.29, 1.82) is 0 Å². The summed E-state index contributed by atoms with van der Waals surface area (Å²) < 4.78 is 5.30. The van der Waals surface area contributed by atoms with Crippen LogP contribution in [-0.2, 0) is 11.2 Å². The molecule has 0 aliphatic carbocycles. The average Bonchev–Trinajstić information content (AvgIpc) is 2.97. The Hall–Kier alpha value is -2.95. The first kappa shape index (κ1) is 14.0. The number of carbonyl (C=O) groups is 1. The second-order valence-corrected chi connectivity index (χ2v) is 5.02. The molecule has 0 atom stereocenters. The van der Waals surface area contributed by atoms with Gasteiger partial charge < -0.3 is 9.84 Å². The Bertz CT molecular complexity index is 764. The summed E-state index contributed by atoms with van der Waals surface area (Å²) in [4.78, 5) is 15.9. The number of rotatable bonds is 4. The average molecular weight is 293 g/mol. The lowest BCUT2D eigenvalue weighted by atomic mass is 10.1. The molecule has 3 rings (SSSR count). The van der Waals surface area contributed by atoms with Crippen molar-refractivity contribution in [3.63, 3.8) is 0 Å². The highest BCUT2D eigenvalue weighted by Crippen LogP contribution is 2.21. The fourth-order valence-electron chi connectivity index (χ4n) is 2.06. The summed E-state index contributed by atoms with van der Waals surface area (Å²) >= 11 is 0. The Morgan fingerprint density at radius 3 is 2.77 bits per heavy atom. The maximum Gasteiger partial charge on any atom is 0.230 e. The van der Waals surface area contributed by atoms with Gasteiger partial charge in [-0.3, -0.25) is 9.78 Å². The lowest BCUT2D eigenvalue weighted by Gasteiger charge is -2.01. The van der Waals surface area contributed by atoms with E-state index >= 15 is 0 Å². The SMILES string of the molecule is Cc1ccc(-c2cc(CC(=O)Nc3cccnc3)no2)cc1. The van der Waals surface area contributed by atoms with Crippen LogP contribution in [0, 0.1) is 6.92 Å². The Morgan fingerprint density at radius 1 is 1.23 bits per heavy atom. The molecule has 1 aromatic carbocycles. The molecule has 0 bridgehead atoms. The zero-order chi connectivity index (χ0) is 15.4. The Kier molecular flexibility index (Phi) is 3.96. The molecule has 0 aliphatic heterocycles. The molecular formula is C17H15N3O2. The monoisotopic (exact) mass is 293 g/mol. The number of hydrogen-bond donors (Lipinski definition) is 1. The number of pyridine rings is 1. The minimum absolute atomic E-state index is 0.156. The summed E-state index contributed by atoms with van der Waals surface area (Å²) in [6.07, 6.45) is 3.41. The van der Waals surface area contributed by atoms with Gasteiger partial charge in [-0.25, -0.2) is 0 Å². The highest BCUT2D eigenvalue weighted by molar-refractivity contribution is 5.91. The summed E-state index contributed by atoms with van der Waals surface area (Å²) in [6.45, 7) is 2.03. The standard InChI is InChI=1S/C17H15N3O2/c1-12-4-6-13(7-5-12)16-9-15(20-22-16)10-17(21)19-14-3-2-8-18-11-14/h2-9,11H,10H2,1H3,(H,19,21). The predicted octanol–water partition coefficient (Wildman–Crippen LogP) is 3.23. The van der Waals surface area contributed by atoms with Gasteiger partial charge in [-0.15, -0.1) is 0 Å². The van der Waals surface area contributed by atoms with E-state index in [4.69, 9.17) is 4.52 Å². The normalized spacial score (nSPS) is 10.4. The highest BCUT2D eigenvalue weighted by Gasteiger charge is 2.11. The number of amides is 1. The minimum Gasteiger partial charge on any atom is -0.356 e. The molecule has 5 heteroatoms. The molecule has 5 nitrogen and oxygen atoms in total. The van der Waals surface area contributed by atoms with Crippen LogP contribution in [0.1, 0.15) is 11.3 Å². The maximum atomic E-state index is 12.0. The van der Waals surface area contributed by atoms with Crippen LogP contribution in [-0.4, -0.2) is 16.0 Å². The molecule has 0 saturated carbocycles. The first-order valence-electron chi connectivity index (χ1n) is 6.93. The zero-order valence-electron chi connectivity index (χ0n) is 12.1. The van der Waals surface area contributed by atoms with E-state index in [1.807, 2.05) is 31.2 Å². The summed E-state index contributed by atoms with van der Waals surface area (Å²) in [5, 5.41) is 6.71. The van der Waals surface area contributed by atoms with Crippen molar-refractivity contribution in [3.05, 3.63) is 66.1 Å². The summed E-state index contributed by atoms with van der Waals surface area (Å²) in [7, 11) is 0. The first-order chi connectivity index (χ1) is 10.7. The number of aryl methyl sites for hydroxylation is 1. The van der Waals surface area contributed by atoms with E-state index < -0.39 is 0 Å². The Labute approximate surface area is 128 Å². The van der Waals surface area contributed by atoms with Crippen LogP contribution in [0.25, 0.3) is 11.3 Å². The van der Waals surface area contributed by atoms with Crippen molar-refractivity contribution in [1.82, 2.24) is 10.1 Å². The molecule has 0 spiro atoms. The number of aromatic nitrogens is 2. The topological polar surface area (TPSA) is 68.0 Å². The van der Waals surface area contributed by atoms with Gasteiger partial charge in [0.05, 0.1) is 24.0 Å². The number of nitrogens with one attached hydrogen (secondary N) is 1. The van der Waals surface area contributed by atoms with Crippen LogP contribution in [0.2, 0.25) is 0 Å². The lowest BCUT2D eigenvalue weighted by molar-refractivity contribution is -0.115. The van der Waals surface area contributed by atoms with E-state index in [1.54, 1.807) is 30.6 Å². The van der Waals surface area contributed by atoms with E-state index in [0.29, 0.717) is 17.1 Å². The third-order valence-corrected chi connectivity index (χ3v) is 3.18. The molecule has 0 aliphatic rings. The van der Waals surface area contributed by atoms with Gasteiger partial charge in [-0.1, -0.05) is 35.0 Å².